The first kappa shape index (κ1) is 21.4. The van der Waals surface area contributed by atoms with Gasteiger partial charge in [-0.1, -0.05) is 42.5 Å². The van der Waals surface area contributed by atoms with Crippen LogP contribution in [0.1, 0.15) is 46.6 Å². The van der Waals surface area contributed by atoms with Gasteiger partial charge in [-0.25, -0.2) is 4.79 Å². The minimum Gasteiger partial charge on any atom is -0.497 e. The van der Waals surface area contributed by atoms with E-state index < -0.39 is 0 Å². The van der Waals surface area contributed by atoms with Crippen LogP contribution in [0.15, 0.2) is 54.6 Å². The molecule has 2 aromatic carbocycles. The Balaban J connectivity index is 1.26. The number of urea groups is 1. The third kappa shape index (κ3) is 4.54. The number of methoxy groups -OCH3 is 1. The number of hydrogen-bond donors (Lipinski definition) is 1. The molecule has 33 heavy (non-hydrogen) atoms. The lowest BCUT2D eigenvalue weighted by molar-refractivity contribution is 0.194. The Kier molecular flexibility index (Phi) is 5.96. The fraction of sp³-hybridized carbons (Fsp3) is 0.346. The molecule has 3 heterocycles. The predicted octanol–water partition coefficient (Wildman–Crippen LogP) is 3.83. The van der Waals surface area contributed by atoms with Crippen molar-refractivity contribution in [3.05, 3.63) is 88.2 Å². The monoisotopic (exact) mass is 443 g/mol. The van der Waals surface area contributed by atoms with Gasteiger partial charge in [-0.3, -0.25) is 4.90 Å². The number of benzene rings is 2. The molecule has 2 aliphatic heterocycles. The first-order valence-electron chi connectivity index (χ1n) is 11.4. The highest BCUT2D eigenvalue weighted by molar-refractivity contribution is 5.75. The second-order valence-electron chi connectivity index (χ2n) is 8.80. The highest BCUT2D eigenvalue weighted by Gasteiger charge is 2.31. The molecule has 0 saturated heterocycles. The van der Waals surface area contributed by atoms with Crippen molar-refractivity contribution in [2.75, 3.05) is 13.7 Å². The molecule has 0 saturated carbocycles. The van der Waals surface area contributed by atoms with Gasteiger partial charge in [-0.05, 0) is 35.7 Å². The lowest BCUT2D eigenvalue weighted by Gasteiger charge is -2.29. The van der Waals surface area contributed by atoms with Crippen LogP contribution in [0.5, 0.6) is 5.75 Å². The quantitative estimate of drug-likeness (QED) is 0.649. The predicted molar refractivity (Wildman–Crippen MR) is 125 cm³/mol. The van der Waals surface area contributed by atoms with Crippen molar-refractivity contribution < 1.29 is 9.53 Å². The van der Waals surface area contributed by atoms with Crippen LogP contribution in [0, 0.1) is 0 Å². The lowest BCUT2D eigenvalue weighted by atomic mass is 9.99. The molecular weight excluding hydrogens is 414 g/mol. The number of hydrogen-bond acceptors (Lipinski definition) is 5. The van der Waals surface area contributed by atoms with E-state index in [1.54, 1.807) is 7.11 Å². The zero-order valence-electron chi connectivity index (χ0n) is 19.1. The van der Waals surface area contributed by atoms with Gasteiger partial charge in [0.15, 0.2) is 0 Å². The van der Waals surface area contributed by atoms with E-state index in [-0.39, 0.29) is 12.1 Å². The largest absolute Gasteiger partial charge is 0.497 e. The van der Waals surface area contributed by atoms with E-state index in [0.29, 0.717) is 13.1 Å². The number of fused-ring (bicyclic) bond motifs is 3. The van der Waals surface area contributed by atoms with Gasteiger partial charge in [-0.15, -0.1) is 0 Å². The van der Waals surface area contributed by atoms with E-state index in [2.05, 4.69) is 32.5 Å². The topological polar surface area (TPSA) is 70.6 Å². The third-order valence-electron chi connectivity index (χ3n) is 6.58. The molecule has 0 fully saturated rings. The van der Waals surface area contributed by atoms with Crippen LogP contribution in [0.3, 0.4) is 0 Å². The molecule has 1 N–H and O–H groups in total. The van der Waals surface area contributed by atoms with Gasteiger partial charge in [0.05, 0.1) is 37.6 Å². The summed E-state index contributed by atoms with van der Waals surface area (Å²) in [7, 11) is 1.68. The van der Waals surface area contributed by atoms with Crippen molar-refractivity contribution in [1.82, 2.24) is 25.3 Å². The van der Waals surface area contributed by atoms with E-state index in [4.69, 9.17) is 4.74 Å². The number of carbonyl (C=O) groups excluding carboxylic acids is 1. The molecule has 5 rings (SSSR count). The van der Waals surface area contributed by atoms with E-state index in [1.807, 2.05) is 54.3 Å². The molecule has 0 aliphatic carbocycles. The van der Waals surface area contributed by atoms with Crippen LogP contribution in [-0.4, -0.2) is 39.7 Å². The highest BCUT2D eigenvalue weighted by Crippen LogP contribution is 2.30. The molecule has 1 aromatic heterocycles. The summed E-state index contributed by atoms with van der Waals surface area (Å²) in [6, 6.07) is 18.1. The maximum absolute atomic E-state index is 13.0. The van der Waals surface area contributed by atoms with Gasteiger partial charge in [-0.2, -0.15) is 10.2 Å². The minimum atomic E-state index is -0.0657. The fourth-order valence-corrected chi connectivity index (χ4v) is 4.65. The average molecular weight is 444 g/mol. The molecule has 7 nitrogen and oxygen atoms in total. The van der Waals surface area contributed by atoms with Gasteiger partial charge in [0.2, 0.25) is 0 Å². The Hall–Kier alpha value is -3.45. The second kappa shape index (κ2) is 9.19. The van der Waals surface area contributed by atoms with Gasteiger partial charge >= 0.3 is 6.03 Å². The SMILES string of the molecule is COc1ccc(CN2CCc3nnc4c(c3C2)CN(C(=O)N[C@@H](C)c2ccccc2)C4)cc1. The van der Waals surface area contributed by atoms with Crippen LogP contribution in [0.2, 0.25) is 0 Å². The molecular formula is C26H29N5O2. The number of aromatic nitrogens is 2. The molecule has 0 unspecified atom stereocenters. The van der Waals surface area contributed by atoms with E-state index in [0.717, 1.165) is 48.8 Å². The summed E-state index contributed by atoms with van der Waals surface area (Å²) >= 11 is 0. The number of nitrogens with zero attached hydrogens (tertiary/aromatic N) is 4. The van der Waals surface area contributed by atoms with Gasteiger partial charge < -0.3 is 15.0 Å². The number of nitrogens with one attached hydrogen (secondary N) is 1. The normalized spacial score (nSPS) is 16.1. The molecule has 0 spiro atoms. The highest BCUT2D eigenvalue weighted by atomic mass is 16.5. The summed E-state index contributed by atoms with van der Waals surface area (Å²) in [5.41, 5.74) is 6.75. The Bertz CT molecular complexity index is 1130. The van der Waals surface area contributed by atoms with E-state index in [1.165, 1.54) is 16.7 Å². The Morgan fingerprint density at radius 3 is 2.48 bits per heavy atom. The maximum Gasteiger partial charge on any atom is 0.318 e. The first-order valence-corrected chi connectivity index (χ1v) is 11.4. The minimum absolute atomic E-state index is 0.0533. The van der Waals surface area contributed by atoms with Crippen LogP contribution in [0.25, 0.3) is 0 Å². The second-order valence-corrected chi connectivity index (χ2v) is 8.80. The average Bonchev–Trinajstić information content (AvgIpc) is 3.30. The van der Waals surface area contributed by atoms with Crippen LogP contribution in [0.4, 0.5) is 4.79 Å². The summed E-state index contributed by atoms with van der Waals surface area (Å²) in [5, 5.41) is 12.1. The number of rotatable bonds is 5. The molecule has 0 bridgehead atoms. The van der Waals surface area contributed by atoms with Crippen molar-refractivity contribution >= 4 is 6.03 Å². The van der Waals surface area contributed by atoms with Gasteiger partial charge in [0, 0.05) is 31.6 Å². The standard InChI is InChI=1S/C26H29N5O2/c1-18(20-6-4-3-5-7-20)27-26(32)31-16-23-22-15-30(13-12-24(22)28-29-25(23)17-31)14-19-8-10-21(33-2)11-9-19/h3-11,18H,12-17H2,1-2H3,(H,27,32)/t18-/m0/s1. The molecule has 7 heteroatoms. The van der Waals surface area contributed by atoms with Crippen LogP contribution >= 0.6 is 0 Å². The Labute approximate surface area is 194 Å². The maximum atomic E-state index is 13.0. The van der Waals surface area contributed by atoms with Crippen molar-refractivity contribution in [2.24, 2.45) is 0 Å². The Morgan fingerprint density at radius 1 is 1.00 bits per heavy atom. The van der Waals surface area contributed by atoms with Crippen molar-refractivity contribution in [3.63, 3.8) is 0 Å². The number of amides is 2. The van der Waals surface area contributed by atoms with Gasteiger partial charge in [0.25, 0.3) is 0 Å². The lowest BCUT2D eigenvalue weighted by Crippen LogP contribution is -2.38. The zero-order valence-corrected chi connectivity index (χ0v) is 19.1. The molecule has 2 amide bonds. The summed E-state index contributed by atoms with van der Waals surface area (Å²) in [5.74, 6) is 0.871. The molecule has 2 aliphatic rings. The van der Waals surface area contributed by atoms with Crippen molar-refractivity contribution in [2.45, 2.75) is 45.6 Å². The summed E-state index contributed by atoms with van der Waals surface area (Å²) in [4.78, 5) is 17.2. The molecule has 170 valence electrons. The molecule has 3 aromatic rings. The van der Waals surface area contributed by atoms with Crippen molar-refractivity contribution in [1.29, 1.82) is 0 Å². The third-order valence-corrected chi connectivity index (χ3v) is 6.58. The molecule has 1 atom stereocenters. The fourth-order valence-electron chi connectivity index (χ4n) is 4.65. The van der Waals surface area contributed by atoms with E-state index >= 15 is 0 Å². The first-order chi connectivity index (χ1) is 16.1. The number of carbonyl (C=O) groups is 1. The summed E-state index contributed by atoms with van der Waals surface area (Å²) < 4.78 is 5.27. The molecule has 0 radical (unpaired) electrons. The van der Waals surface area contributed by atoms with Crippen LogP contribution in [-0.2, 0) is 32.6 Å². The van der Waals surface area contributed by atoms with Gasteiger partial charge in [0.1, 0.15) is 5.75 Å². The van der Waals surface area contributed by atoms with Crippen molar-refractivity contribution in [3.8, 4) is 5.75 Å². The zero-order chi connectivity index (χ0) is 22.8. The smallest absolute Gasteiger partial charge is 0.318 e. The summed E-state index contributed by atoms with van der Waals surface area (Å²) in [6.45, 7) is 5.74. The number of ether oxygens (including phenoxy) is 1. The summed E-state index contributed by atoms with van der Waals surface area (Å²) in [6.07, 6.45) is 0.878. The van der Waals surface area contributed by atoms with E-state index in [9.17, 15) is 4.79 Å². The van der Waals surface area contributed by atoms with Crippen LogP contribution < -0.4 is 10.1 Å². The Morgan fingerprint density at radius 2 is 1.73 bits per heavy atom.